The van der Waals surface area contributed by atoms with Gasteiger partial charge in [0.05, 0.1) is 18.0 Å². The molecule has 2 heterocycles. The Morgan fingerprint density at radius 2 is 2.00 bits per heavy atom. The Morgan fingerprint density at radius 3 is 2.79 bits per heavy atom. The number of ether oxygens (including phenoxy) is 1. The summed E-state index contributed by atoms with van der Waals surface area (Å²) in [6.07, 6.45) is 2.73. The standard InChI is InChI=1S/C28H28N2O4/c1-18-25(8-5-13-29-18)30-26(32)20-9-10-23-21(14-20)17-34-27(33)24-15-22(31)11-12-28(23,24)16-19-6-3-2-4-7-19/h2-10,13-14,24,27,33H,11-12,15-17H2,1H3,(H,30,32). The highest BCUT2D eigenvalue weighted by atomic mass is 16.6. The molecule has 1 saturated carbocycles. The Balaban J connectivity index is 1.55. The molecule has 3 aromatic rings. The van der Waals surface area contributed by atoms with Gasteiger partial charge in [-0.1, -0.05) is 36.4 Å². The molecule has 1 amide bonds. The lowest BCUT2D eigenvalue weighted by Gasteiger charge is -2.45. The van der Waals surface area contributed by atoms with Crippen LogP contribution in [-0.4, -0.2) is 28.1 Å². The van der Waals surface area contributed by atoms with Crippen molar-refractivity contribution >= 4 is 17.4 Å². The second-order valence-electron chi connectivity index (χ2n) is 9.33. The highest BCUT2D eigenvalue weighted by molar-refractivity contribution is 6.04. The predicted molar refractivity (Wildman–Crippen MR) is 128 cm³/mol. The molecule has 2 N–H and O–H groups in total. The number of aryl methyl sites for hydroxylation is 1. The number of carbonyl (C=O) groups is 2. The van der Waals surface area contributed by atoms with E-state index in [1.807, 2.05) is 49.4 Å². The molecule has 0 saturated heterocycles. The van der Waals surface area contributed by atoms with Crippen molar-refractivity contribution < 1.29 is 19.4 Å². The van der Waals surface area contributed by atoms with Crippen molar-refractivity contribution in [1.29, 1.82) is 0 Å². The lowest BCUT2D eigenvalue weighted by Crippen LogP contribution is -2.47. The zero-order chi connectivity index (χ0) is 23.7. The number of Topliss-reactive ketones (excluding diaryl/α,β-unsaturated/α-hetero) is 1. The first-order valence-electron chi connectivity index (χ1n) is 11.7. The van der Waals surface area contributed by atoms with Gasteiger partial charge < -0.3 is 15.2 Å². The largest absolute Gasteiger partial charge is 0.368 e. The van der Waals surface area contributed by atoms with Crippen LogP contribution in [0.5, 0.6) is 0 Å². The van der Waals surface area contributed by atoms with E-state index in [9.17, 15) is 14.7 Å². The summed E-state index contributed by atoms with van der Waals surface area (Å²) in [6, 6.07) is 19.4. The number of ketones is 1. The predicted octanol–water partition coefficient (Wildman–Crippen LogP) is 4.34. The number of hydrogen-bond acceptors (Lipinski definition) is 5. The number of anilines is 1. The fourth-order valence-corrected chi connectivity index (χ4v) is 5.52. The first-order valence-corrected chi connectivity index (χ1v) is 11.7. The highest BCUT2D eigenvalue weighted by Crippen LogP contribution is 2.50. The van der Waals surface area contributed by atoms with Crippen LogP contribution in [-0.2, 0) is 28.0 Å². The SMILES string of the molecule is Cc1ncccc1NC(=O)c1ccc2c(c1)COC(O)C1CC(=O)CCC21Cc1ccccc1. The van der Waals surface area contributed by atoms with E-state index in [0.29, 0.717) is 30.5 Å². The van der Waals surface area contributed by atoms with Gasteiger partial charge >= 0.3 is 0 Å². The Kier molecular flexibility index (Phi) is 6.02. The molecule has 1 aromatic heterocycles. The molecule has 1 aliphatic carbocycles. The molecule has 1 aliphatic heterocycles. The lowest BCUT2D eigenvalue weighted by molar-refractivity contribution is -0.165. The lowest BCUT2D eigenvalue weighted by atomic mass is 9.59. The average molecular weight is 457 g/mol. The number of nitrogens with one attached hydrogen (secondary N) is 1. The van der Waals surface area contributed by atoms with Gasteiger partial charge in [0.1, 0.15) is 5.78 Å². The molecular weight excluding hydrogens is 428 g/mol. The van der Waals surface area contributed by atoms with Gasteiger partial charge in [0, 0.05) is 35.9 Å². The molecular formula is C28H28N2O4. The topological polar surface area (TPSA) is 88.5 Å². The van der Waals surface area contributed by atoms with Crippen LogP contribution in [0.1, 0.15) is 52.0 Å². The van der Waals surface area contributed by atoms with E-state index in [-0.39, 0.29) is 30.6 Å². The highest BCUT2D eigenvalue weighted by Gasteiger charge is 2.50. The summed E-state index contributed by atoms with van der Waals surface area (Å²) in [7, 11) is 0. The molecule has 2 aromatic carbocycles. The van der Waals surface area contributed by atoms with Crippen LogP contribution in [0.15, 0.2) is 66.9 Å². The van der Waals surface area contributed by atoms with E-state index in [2.05, 4.69) is 22.4 Å². The molecule has 174 valence electrons. The first-order chi connectivity index (χ1) is 16.5. The number of aliphatic hydroxyl groups is 1. The molecule has 0 spiro atoms. The molecule has 34 heavy (non-hydrogen) atoms. The monoisotopic (exact) mass is 456 g/mol. The molecule has 3 atom stereocenters. The van der Waals surface area contributed by atoms with E-state index in [0.717, 1.165) is 22.4 Å². The van der Waals surface area contributed by atoms with Crippen LogP contribution in [0, 0.1) is 12.8 Å². The van der Waals surface area contributed by atoms with Crippen LogP contribution in [0.3, 0.4) is 0 Å². The maximum absolute atomic E-state index is 13.0. The smallest absolute Gasteiger partial charge is 0.255 e. The Morgan fingerprint density at radius 1 is 1.18 bits per heavy atom. The van der Waals surface area contributed by atoms with Crippen LogP contribution in [0.4, 0.5) is 5.69 Å². The van der Waals surface area contributed by atoms with Crippen molar-refractivity contribution in [2.75, 3.05) is 5.32 Å². The zero-order valence-electron chi connectivity index (χ0n) is 19.2. The van der Waals surface area contributed by atoms with Gasteiger partial charge in [0.2, 0.25) is 0 Å². The first kappa shape index (κ1) is 22.4. The summed E-state index contributed by atoms with van der Waals surface area (Å²) < 4.78 is 5.84. The second kappa shape index (κ2) is 9.12. The fraction of sp³-hybridized carbons (Fsp3) is 0.321. The van der Waals surface area contributed by atoms with E-state index in [1.54, 1.807) is 12.3 Å². The quantitative estimate of drug-likeness (QED) is 0.610. The molecule has 6 nitrogen and oxygen atoms in total. The molecule has 0 radical (unpaired) electrons. The van der Waals surface area contributed by atoms with Crippen molar-refractivity contribution in [2.45, 2.75) is 50.9 Å². The number of pyridine rings is 1. The number of aromatic nitrogens is 1. The Bertz CT molecular complexity index is 1230. The van der Waals surface area contributed by atoms with Gasteiger partial charge in [-0.2, -0.15) is 0 Å². The molecule has 0 bridgehead atoms. The summed E-state index contributed by atoms with van der Waals surface area (Å²) in [5.74, 6) is -0.410. The molecule has 1 fully saturated rings. The third-order valence-corrected chi connectivity index (χ3v) is 7.28. The van der Waals surface area contributed by atoms with E-state index >= 15 is 0 Å². The minimum absolute atomic E-state index is 0.155. The minimum Gasteiger partial charge on any atom is -0.368 e. The summed E-state index contributed by atoms with van der Waals surface area (Å²) in [5, 5.41) is 13.9. The number of carbonyl (C=O) groups excluding carboxylic acids is 2. The summed E-state index contributed by atoms with van der Waals surface area (Å²) in [6.45, 7) is 2.03. The number of fused-ring (bicyclic) bond motifs is 3. The van der Waals surface area contributed by atoms with E-state index in [1.165, 1.54) is 0 Å². The maximum atomic E-state index is 13.0. The van der Waals surface area contributed by atoms with Crippen molar-refractivity contribution in [3.8, 4) is 0 Å². The number of aliphatic hydroxyl groups excluding tert-OH is 1. The van der Waals surface area contributed by atoms with E-state index in [4.69, 9.17) is 4.74 Å². The third-order valence-electron chi connectivity index (χ3n) is 7.28. The van der Waals surface area contributed by atoms with Crippen LogP contribution in [0.25, 0.3) is 0 Å². The normalized spacial score (nSPS) is 24.0. The molecule has 2 aliphatic rings. The van der Waals surface area contributed by atoms with Gasteiger partial charge in [-0.3, -0.25) is 14.6 Å². The summed E-state index contributed by atoms with van der Waals surface area (Å²) in [5.41, 5.74) is 4.56. The van der Waals surface area contributed by atoms with Gasteiger partial charge in [0.25, 0.3) is 5.91 Å². The summed E-state index contributed by atoms with van der Waals surface area (Å²) in [4.78, 5) is 29.7. The third kappa shape index (κ3) is 4.15. The van der Waals surface area contributed by atoms with Crippen LogP contribution < -0.4 is 5.32 Å². The van der Waals surface area contributed by atoms with Gasteiger partial charge in [0.15, 0.2) is 6.29 Å². The Labute approximate surface area is 199 Å². The summed E-state index contributed by atoms with van der Waals surface area (Å²) >= 11 is 0. The Hall–Kier alpha value is -3.35. The maximum Gasteiger partial charge on any atom is 0.255 e. The molecule has 3 unspecified atom stereocenters. The fourth-order valence-electron chi connectivity index (χ4n) is 5.52. The second-order valence-corrected chi connectivity index (χ2v) is 9.33. The van der Waals surface area contributed by atoms with Crippen LogP contribution in [0.2, 0.25) is 0 Å². The number of nitrogens with zero attached hydrogens (tertiary/aromatic N) is 1. The number of rotatable bonds is 4. The van der Waals surface area contributed by atoms with Gasteiger partial charge in [-0.15, -0.1) is 0 Å². The van der Waals surface area contributed by atoms with Gasteiger partial charge in [-0.25, -0.2) is 0 Å². The molecule has 5 rings (SSSR count). The van der Waals surface area contributed by atoms with Crippen molar-refractivity contribution in [3.05, 3.63) is 94.8 Å². The van der Waals surface area contributed by atoms with Crippen molar-refractivity contribution in [1.82, 2.24) is 4.98 Å². The van der Waals surface area contributed by atoms with Crippen molar-refractivity contribution in [3.63, 3.8) is 0 Å². The number of hydrogen-bond donors (Lipinski definition) is 2. The minimum atomic E-state index is -1.05. The van der Waals surface area contributed by atoms with Crippen LogP contribution >= 0.6 is 0 Å². The average Bonchev–Trinajstić information content (AvgIpc) is 2.96. The van der Waals surface area contributed by atoms with Crippen molar-refractivity contribution in [2.24, 2.45) is 5.92 Å². The van der Waals surface area contributed by atoms with Gasteiger partial charge in [-0.05, 0) is 60.7 Å². The van der Waals surface area contributed by atoms with E-state index < -0.39 is 11.7 Å². The molecule has 6 heteroatoms. The number of benzene rings is 2. The zero-order valence-corrected chi connectivity index (χ0v) is 19.2. The number of amides is 1.